The van der Waals surface area contributed by atoms with E-state index in [1.54, 1.807) is 5.71 Å². The first-order valence-electron chi connectivity index (χ1n) is 4.53. The average molecular weight is 152 g/mol. The number of nitrogens with zero attached hydrogens (tertiary/aromatic N) is 1. The van der Waals surface area contributed by atoms with Gasteiger partial charge in [0.1, 0.15) is 18.8 Å². The van der Waals surface area contributed by atoms with Gasteiger partial charge in [-0.05, 0) is 6.42 Å². The van der Waals surface area contributed by atoms with Crippen LogP contribution in [-0.4, -0.2) is 23.4 Å². The Morgan fingerprint density at radius 1 is 1.45 bits per heavy atom. The molecule has 0 aromatic carbocycles. The second-order valence-corrected chi connectivity index (χ2v) is 3.26. The molecule has 0 bridgehead atoms. The molecule has 1 aliphatic heterocycles. The smallest absolute Gasteiger partial charge is 0.149 e. The minimum atomic E-state index is 1.13. The van der Waals surface area contributed by atoms with Crippen LogP contribution < -0.4 is 0 Å². The number of allylic oxidation sites excluding steroid dienone is 1. The third-order valence-electron chi connectivity index (χ3n) is 2.36. The van der Waals surface area contributed by atoms with Crippen molar-refractivity contribution in [3.8, 4) is 0 Å². The van der Waals surface area contributed by atoms with E-state index in [1.807, 2.05) is 6.08 Å². The number of rotatable bonds is 3. The van der Waals surface area contributed by atoms with Crippen LogP contribution in [0.3, 0.4) is 0 Å². The molecule has 1 heteroatoms. The van der Waals surface area contributed by atoms with Crippen LogP contribution >= 0.6 is 0 Å². The molecule has 0 aromatic rings. The van der Waals surface area contributed by atoms with Crippen LogP contribution in [0.25, 0.3) is 0 Å². The fraction of sp³-hybridized carbons (Fsp3) is 0.700. The summed E-state index contributed by atoms with van der Waals surface area (Å²) in [6.07, 6.45) is 7.09. The first kappa shape index (κ1) is 8.51. The molecule has 0 radical (unpaired) electrons. The molecule has 0 atom stereocenters. The molecule has 1 aliphatic rings. The van der Waals surface area contributed by atoms with E-state index in [2.05, 4.69) is 18.1 Å². The Labute approximate surface area is 69.4 Å². The van der Waals surface area contributed by atoms with Gasteiger partial charge in [-0.15, -0.1) is 6.58 Å². The predicted molar refractivity (Wildman–Crippen MR) is 49.3 cm³/mol. The van der Waals surface area contributed by atoms with E-state index in [0.29, 0.717) is 0 Å². The quantitative estimate of drug-likeness (QED) is 0.431. The van der Waals surface area contributed by atoms with E-state index in [9.17, 15) is 0 Å². The van der Waals surface area contributed by atoms with Crippen molar-refractivity contribution in [1.82, 2.24) is 0 Å². The van der Waals surface area contributed by atoms with Gasteiger partial charge in [0, 0.05) is 26.2 Å². The Hall–Kier alpha value is -0.590. The second-order valence-electron chi connectivity index (χ2n) is 3.26. The summed E-state index contributed by atoms with van der Waals surface area (Å²) in [5.74, 6) is 0. The van der Waals surface area contributed by atoms with E-state index < -0.39 is 0 Å². The standard InChI is InChI=1S/C10H18N/c1-3-4-7-10(2)11-8-5-6-9-11/h3H,1,4-9H2,2H3/q+1. The zero-order valence-electron chi connectivity index (χ0n) is 7.47. The fourth-order valence-electron chi connectivity index (χ4n) is 1.57. The first-order valence-corrected chi connectivity index (χ1v) is 4.53. The maximum Gasteiger partial charge on any atom is 0.149 e. The Morgan fingerprint density at radius 2 is 2.09 bits per heavy atom. The van der Waals surface area contributed by atoms with Crippen molar-refractivity contribution in [2.45, 2.75) is 32.6 Å². The molecule has 0 unspecified atom stereocenters. The van der Waals surface area contributed by atoms with Crippen LogP contribution in [-0.2, 0) is 0 Å². The van der Waals surface area contributed by atoms with Gasteiger partial charge in [-0.1, -0.05) is 6.08 Å². The van der Waals surface area contributed by atoms with Gasteiger partial charge in [-0.2, -0.15) is 0 Å². The second kappa shape index (κ2) is 4.32. The summed E-state index contributed by atoms with van der Waals surface area (Å²) in [4.78, 5) is 0. The lowest BCUT2D eigenvalue weighted by Crippen LogP contribution is -2.14. The van der Waals surface area contributed by atoms with Gasteiger partial charge in [-0.3, -0.25) is 0 Å². The Kier molecular flexibility index (Phi) is 3.34. The maximum atomic E-state index is 3.73. The van der Waals surface area contributed by atoms with E-state index in [0.717, 1.165) is 6.42 Å². The topological polar surface area (TPSA) is 3.01 Å². The minimum absolute atomic E-state index is 1.13. The lowest BCUT2D eigenvalue weighted by molar-refractivity contribution is -0.507. The monoisotopic (exact) mass is 152 g/mol. The summed E-state index contributed by atoms with van der Waals surface area (Å²) in [5, 5.41) is 0. The van der Waals surface area contributed by atoms with Crippen LogP contribution in [0.4, 0.5) is 0 Å². The zero-order valence-corrected chi connectivity index (χ0v) is 7.47. The SMILES string of the molecule is C=CCCC(C)=[N+]1CCCC1. The molecule has 1 saturated heterocycles. The van der Waals surface area contributed by atoms with Crippen molar-refractivity contribution >= 4 is 5.71 Å². The van der Waals surface area contributed by atoms with Gasteiger partial charge in [0.25, 0.3) is 0 Å². The van der Waals surface area contributed by atoms with Gasteiger partial charge in [-0.25, -0.2) is 4.58 Å². The summed E-state index contributed by atoms with van der Waals surface area (Å²) in [6, 6.07) is 0. The van der Waals surface area contributed by atoms with Crippen molar-refractivity contribution < 1.29 is 4.58 Å². The Morgan fingerprint density at radius 3 is 2.64 bits per heavy atom. The van der Waals surface area contributed by atoms with Crippen LogP contribution in [0.2, 0.25) is 0 Å². The summed E-state index contributed by atoms with van der Waals surface area (Å²) in [7, 11) is 0. The molecule has 1 nitrogen and oxygen atoms in total. The molecule has 0 saturated carbocycles. The van der Waals surface area contributed by atoms with E-state index >= 15 is 0 Å². The normalized spacial score (nSPS) is 17.0. The lowest BCUT2D eigenvalue weighted by atomic mass is 10.2. The van der Waals surface area contributed by atoms with Gasteiger partial charge in [0.05, 0.1) is 0 Å². The van der Waals surface area contributed by atoms with Gasteiger partial charge in [0.2, 0.25) is 0 Å². The van der Waals surface area contributed by atoms with Crippen molar-refractivity contribution in [2.24, 2.45) is 0 Å². The summed E-state index contributed by atoms with van der Waals surface area (Å²) in [6.45, 7) is 8.53. The lowest BCUT2D eigenvalue weighted by Gasteiger charge is -1.97. The highest BCUT2D eigenvalue weighted by atomic mass is 15.0. The Balaban J connectivity index is 2.41. The molecule has 0 spiro atoms. The summed E-state index contributed by atoms with van der Waals surface area (Å²) in [5.41, 5.74) is 1.54. The highest BCUT2D eigenvalue weighted by molar-refractivity contribution is 5.77. The molecule has 1 fully saturated rings. The van der Waals surface area contributed by atoms with E-state index in [-0.39, 0.29) is 0 Å². The molecule has 1 rings (SSSR count). The van der Waals surface area contributed by atoms with Crippen LogP contribution in [0.1, 0.15) is 32.6 Å². The molecule has 0 amide bonds. The van der Waals surface area contributed by atoms with Crippen LogP contribution in [0.15, 0.2) is 12.7 Å². The maximum absolute atomic E-state index is 3.73. The predicted octanol–water partition coefficient (Wildman–Crippen LogP) is 2.22. The van der Waals surface area contributed by atoms with Crippen LogP contribution in [0.5, 0.6) is 0 Å². The molecule has 62 valence electrons. The van der Waals surface area contributed by atoms with Crippen molar-refractivity contribution in [1.29, 1.82) is 0 Å². The van der Waals surface area contributed by atoms with Crippen LogP contribution in [0, 0.1) is 0 Å². The van der Waals surface area contributed by atoms with Crippen molar-refractivity contribution in [3.63, 3.8) is 0 Å². The van der Waals surface area contributed by atoms with Crippen molar-refractivity contribution in [2.75, 3.05) is 13.1 Å². The van der Waals surface area contributed by atoms with Gasteiger partial charge < -0.3 is 0 Å². The van der Waals surface area contributed by atoms with Gasteiger partial charge >= 0.3 is 0 Å². The largest absolute Gasteiger partial charge is 0.237 e. The summed E-state index contributed by atoms with van der Waals surface area (Å²) >= 11 is 0. The number of hydrogen-bond donors (Lipinski definition) is 0. The molecule has 0 aliphatic carbocycles. The zero-order chi connectivity index (χ0) is 8.10. The molecular formula is C10H18N+. The Bertz CT molecular complexity index is 160. The van der Waals surface area contributed by atoms with E-state index in [4.69, 9.17) is 0 Å². The highest BCUT2D eigenvalue weighted by Crippen LogP contribution is 2.04. The van der Waals surface area contributed by atoms with Crippen molar-refractivity contribution in [3.05, 3.63) is 12.7 Å². The average Bonchev–Trinajstić information content (AvgIpc) is 2.52. The molecular weight excluding hydrogens is 134 g/mol. The van der Waals surface area contributed by atoms with E-state index in [1.165, 1.54) is 32.4 Å². The van der Waals surface area contributed by atoms with Gasteiger partial charge in [0.15, 0.2) is 0 Å². The molecule has 1 heterocycles. The third kappa shape index (κ3) is 2.49. The molecule has 0 aromatic heterocycles. The number of hydrogen-bond acceptors (Lipinski definition) is 0. The minimum Gasteiger partial charge on any atom is -0.237 e. The first-order chi connectivity index (χ1) is 5.34. The highest BCUT2D eigenvalue weighted by Gasteiger charge is 2.15. The molecule has 11 heavy (non-hydrogen) atoms. The summed E-state index contributed by atoms with van der Waals surface area (Å²) < 4.78 is 2.50. The third-order valence-corrected chi connectivity index (χ3v) is 2.36. The molecule has 0 N–H and O–H groups in total. The fourth-order valence-corrected chi connectivity index (χ4v) is 1.57.